The second-order valence-electron chi connectivity index (χ2n) is 4.27. The van der Waals surface area contributed by atoms with Gasteiger partial charge in [0, 0.05) is 11.9 Å². The van der Waals surface area contributed by atoms with Crippen LogP contribution in [0.5, 0.6) is 11.5 Å². The van der Waals surface area contributed by atoms with Gasteiger partial charge in [0.25, 0.3) is 5.91 Å². The first kappa shape index (κ1) is 15.6. The van der Waals surface area contributed by atoms with E-state index in [-0.39, 0.29) is 11.9 Å². The summed E-state index contributed by atoms with van der Waals surface area (Å²) in [5.74, 6) is 1.59. The van der Waals surface area contributed by atoms with Crippen LogP contribution in [0.15, 0.2) is 18.2 Å². The smallest absolute Gasteiger partial charge is 0.255 e. The Balaban J connectivity index is 2.79. The summed E-state index contributed by atoms with van der Waals surface area (Å²) in [5.41, 5.74) is 0.472. The fourth-order valence-corrected chi connectivity index (χ4v) is 1.90. The minimum atomic E-state index is -0.169. The van der Waals surface area contributed by atoms with Gasteiger partial charge >= 0.3 is 0 Å². The minimum absolute atomic E-state index is 0.0714. The van der Waals surface area contributed by atoms with Crippen molar-refractivity contribution >= 4 is 17.5 Å². The molecule has 1 aromatic carbocycles. The average Bonchev–Trinajstić information content (AvgIpc) is 2.44. The molecule has 1 rings (SSSR count). The molecular formula is C14H20ClNO3. The number of carbonyl (C=O) groups excluding carboxylic acids is 1. The molecule has 106 valence electrons. The summed E-state index contributed by atoms with van der Waals surface area (Å²) in [5, 5.41) is 2.92. The molecule has 1 amide bonds. The number of methoxy groups -OCH3 is 2. The van der Waals surface area contributed by atoms with Gasteiger partial charge in [-0.3, -0.25) is 4.79 Å². The van der Waals surface area contributed by atoms with Crippen LogP contribution in [0.1, 0.15) is 30.1 Å². The number of halogens is 1. The van der Waals surface area contributed by atoms with Crippen molar-refractivity contribution in [2.75, 3.05) is 20.1 Å². The highest BCUT2D eigenvalue weighted by molar-refractivity contribution is 6.17. The third-order valence-electron chi connectivity index (χ3n) is 2.80. The van der Waals surface area contributed by atoms with E-state index in [1.807, 2.05) is 6.92 Å². The first-order valence-corrected chi connectivity index (χ1v) is 6.74. The maximum atomic E-state index is 12.2. The van der Waals surface area contributed by atoms with Crippen molar-refractivity contribution in [2.45, 2.75) is 25.8 Å². The molecule has 19 heavy (non-hydrogen) atoms. The third kappa shape index (κ3) is 4.63. The van der Waals surface area contributed by atoms with Crippen LogP contribution in [-0.2, 0) is 0 Å². The minimum Gasteiger partial charge on any atom is -0.497 e. The second-order valence-corrected chi connectivity index (χ2v) is 4.65. The summed E-state index contributed by atoms with van der Waals surface area (Å²) in [4.78, 5) is 12.2. The maximum absolute atomic E-state index is 12.2. The molecule has 1 aromatic rings. The van der Waals surface area contributed by atoms with E-state index >= 15 is 0 Å². The highest BCUT2D eigenvalue weighted by Crippen LogP contribution is 2.24. The van der Waals surface area contributed by atoms with E-state index in [0.717, 1.165) is 12.8 Å². The van der Waals surface area contributed by atoms with Crippen molar-refractivity contribution in [1.82, 2.24) is 5.32 Å². The number of nitrogens with one attached hydrogen (secondary N) is 1. The molecule has 1 N–H and O–H groups in total. The lowest BCUT2D eigenvalue weighted by Gasteiger charge is -2.15. The molecule has 0 radical (unpaired) electrons. The van der Waals surface area contributed by atoms with Crippen LogP contribution in [0.2, 0.25) is 0 Å². The van der Waals surface area contributed by atoms with Crippen molar-refractivity contribution < 1.29 is 14.3 Å². The lowest BCUT2D eigenvalue weighted by Crippen LogP contribution is -2.32. The second kappa shape index (κ2) is 7.89. The van der Waals surface area contributed by atoms with Crippen molar-refractivity contribution in [3.8, 4) is 11.5 Å². The van der Waals surface area contributed by atoms with Crippen LogP contribution in [0.3, 0.4) is 0 Å². The Kier molecular flexibility index (Phi) is 6.50. The van der Waals surface area contributed by atoms with Crippen LogP contribution in [0, 0.1) is 0 Å². The number of ether oxygens (including phenoxy) is 2. The molecular weight excluding hydrogens is 266 g/mol. The standard InChI is InChI=1S/C14H20ClNO3/c1-10(5-4-8-15)16-14(17)12-9-11(18-2)6-7-13(12)19-3/h6-7,9-10H,4-5,8H2,1-3H3,(H,16,17). The predicted molar refractivity (Wildman–Crippen MR) is 76.4 cm³/mol. The Morgan fingerprint density at radius 1 is 1.37 bits per heavy atom. The molecule has 1 atom stereocenters. The Morgan fingerprint density at radius 3 is 2.68 bits per heavy atom. The van der Waals surface area contributed by atoms with Gasteiger partial charge in [0.05, 0.1) is 19.8 Å². The SMILES string of the molecule is COc1ccc(OC)c(C(=O)NC(C)CCCCl)c1. The average molecular weight is 286 g/mol. The molecule has 0 spiro atoms. The zero-order chi connectivity index (χ0) is 14.3. The first-order valence-electron chi connectivity index (χ1n) is 6.21. The van der Waals surface area contributed by atoms with E-state index in [1.54, 1.807) is 25.3 Å². The first-order chi connectivity index (χ1) is 9.12. The number of hydrogen-bond acceptors (Lipinski definition) is 3. The Morgan fingerprint density at radius 2 is 2.11 bits per heavy atom. The van der Waals surface area contributed by atoms with Crippen LogP contribution < -0.4 is 14.8 Å². The Bertz CT molecular complexity index is 423. The van der Waals surface area contributed by atoms with Crippen molar-refractivity contribution in [1.29, 1.82) is 0 Å². The number of amides is 1. The zero-order valence-electron chi connectivity index (χ0n) is 11.5. The number of rotatable bonds is 7. The molecule has 0 heterocycles. The van der Waals surface area contributed by atoms with Gasteiger partial charge in [0.1, 0.15) is 11.5 Å². The van der Waals surface area contributed by atoms with E-state index in [9.17, 15) is 4.79 Å². The van der Waals surface area contributed by atoms with Gasteiger partial charge in [0.2, 0.25) is 0 Å². The summed E-state index contributed by atoms with van der Waals surface area (Å²) < 4.78 is 10.3. The van der Waals surface area contributed by atoms with Gasteiger partial charge in [-0.05, 0) is 38.0 Å². The van der Waals surface area contributed by atoms with Crippen LogP contribution >= 0.6 is 11.6 Å². The van der Waals surface area contributed by atoms with E-state index in [4.69, 9.17) is 21.1 Å². The van der Waals surface area contributed by atoms with Crippen molar-refractivity contribution in [2.24, 2.45) is 0 Å². The predicted octanol–water partition coefficient (Wildman–Crippen LogP) is 2.84. The molecule has 0 bridgehead atoms. The Hall–Kier alpha value is -1.42. The van der Waals surface area contributed by atoms with Crippen LogP contribution in [-0.4, -0.2) is 32.0 Å². The summed E-state index contributed by atoms with van der Waals surface area (Å²) in [6.45, 7) is 1.96. The number of hydrogen-bond donors (Lipinski definition) is 1. The fourth-order valence-electron chi connectivity index (χ4n) is 1.75. The highest BCUT2D eigenvalue weighted by atomic mass is 35.5. The zero-order valence-corrected chi connectivity index (χ0v) is 12.3. The molecule has 5 heteroatoms. The highest BCUT2D eigenvalue weighted by Gasteiger charge is 2.15. The lowest BCUT2D eigenvalue weighted by molar-refractivity contribution is 0.0935. The monoisotopic (exact) mass is 285 g/mol. The van der Waals surface area contributed by atoms with Gasteiger partial charge in [-0.1, -0.05) is 0 Å². The third-order valence-corrected chi connectivity index (χ3v) is 3.07. The quantitative estimate of drug-likeness (QED) is 0.784. The van der Waals surface area contributed by atoms with E-state index in [2.05, 4.69) is 5.32 Å². The van der Waals surface area contributed by atoms with Gasteiger partial charge < -0.3 is 14.8 Å². The van der Waals surface area contributed by atoms with Gasteiger partial charge in [-0.15, -0.1) is 11.6 Å². The molecule has 0 saturated carbocycles. The van der Waals surface area contributed by atoms with Crippen LogP contribution in [0.25, 0.3) is 0 Å². The van der Waals surface area contributed by atoms with Crippen molar-refractivity contribution in [3.05, 3.63) is 23.8 Å². The molecule has 0 aromatic heterocycles. The molecule has 1 unspecified atom stereocenters. The molecule has 0 aliphatic carbocycles. The largest absolute Gasteiger partial charge is 0.497 e. The van der Waals surface area contributed by atoms with Crippen molar-refractivity contribution in [3.63, 3.8) is 0 Å². The molecule has 0 fully saturated rings. The summed E-state index contributed by atoms with van der Waals surface area (Å²) in [7, 11) is 3.10. The normalized spacial score (nSPS) is 11.8. The van der Waals surface area contributed by atoms with E-state index in [0.29, 0.717) is 22.9 Å². The topological polar surface area (TPSA) is 47.6 Å². The van der Waals surface area contributed by atoms with Gasteiger partial charge in [0.15, 0.2) is 0 Å². The fraction of sp³-hybridized carbons (Fsp3) is 0.500. The number of alkyl halides is 1. The molecule has 0 aliphatic rings. The molecule has 4 nitrogen and oxygen atoms in total. The van der Waals surface area contributed by atoms with Gasteiger partial charge in [-0.2, -0.15) is 0 Å². The van der Waals surface area contributed by atoms with E-state index in [1.165, 1.54) is 7.11 Å². The number of benzene rings is 1. The Labute approximate surface area is 119 Å². The summed E-state index contributed by atoms with van der Waals surface area (Å²) in [6.07, 6.45) is 1.72. The van der Waals surface area contributed by atoms with Gasteiger partial charge in [-0.25, -0.2) is 0 Å². The van der Waals surface area contributed by atoms with E-state index < -0.39 is 0 Å². The summed E-state index contributed by atoms with van der Waals surface area (Å²) >= 11 is 5.64. The molecule has 0 saturated heterocycles. The molecule has 0 aliphatic heterocycles. The maximum Gasteiger partial charge on any atom is 0.255 e. The van der Waals surface area contributed by atoms with Crippen LogP contribution in [0.4, 0.5) is 0 Å². The number of carbonyl (C=O) groups is 1. The summed E-state index contributed by atoms with van der Waals surface area (Å²) in [6, 6.07) is 5.22. The lowest BCUT2D eigenvalue weighted by atomic mass is 10.1.